The molecule has 9 heteroatoms. The van der Waals surface area contributed by atoms with Gasteiger partial charge in [0.05, 0.1) is 5.92 Å². The van der Waals surface area contributed by atoms with Crippen LogP contribution in [-0.4, -0.2) is 84.7 Å². The van der Waals surface area contributed by atoms with Gasteiger partial charge in [0.25, 0.3) is 0 Å². The average molecular weight is 347 g/mol. The molecule has 1 N–H and O–H groups in total. The normalized spacial score (nSPS) is 29.5. The molecular weight excluding hydrogens is 322 g/mol. The average Bonchev–Trinajstić information content (AvgIpc) is 2.99. The van der Waals surface area contributed by atoms with Crippen LogP contribution in [-0.2, 0) is 19.6 Å². The first kappa shape index (κ1) is 18.2. The number of carboxylic acid groups (broad SMARTS) is 1. The molecule has 2 rings (SSSR count). The predicted molar refractivity (Wildman–Crippen MR) is 84.0 cm³/mol. The van der Waals surface area contributed by atoms with Crippen molar-refractivity contribution in [1.82, 2.24) is 14.1 Å². The molecular formula is C14H25N3O5S. The van der Waals surface area contributed by atoms with Gasteiger partial charge in [-0.15, -0.1) is 0 Å². The summed E-state index contributed by atoms with van der Waals surface area (Å²) >= 11 is 0. The first-order valence-corrected chi connectivity index (χ1v) is 9.26. The van der Waals surface area contributed by atoms with E-state index in [9.17, 15) is 23.1 Å². The smallest absolute Gasteiger partial charge is 0.326 e. The molecule has 2 aliphatic heterocycles. The van der Waals surface area contributed by atoms with Crippen LogP contribution in [0.1, 0.15) is 20.3 Å². The van der Waals surface area contributed by atoms with E-state index >= 15 is 0 Å². The van der Waals surface area contributed by atoms with Crippen molar-refractivity contribution in [3.8, 4) is 0 Å². The van der Waals surface area contributed by atoms with Gasteiger partial charge in [-0.2, -0.15) is 4.31 Å². The van der Waals surface area contributed by atoms with E-state index in [0.29, 0.717) is 19.5 Å². The maximum atomic E-state index is 12.5. The highest BCUT2D eigenvalue weighted by Crippen LogP contribution is 2.29. The fourth-order valence-corrected chi connectivity index (χ4v) is 5.15. The second kappa shape index (κ2) is 6.37. The summed E-state index contributed by atoms with van der Waals surface area (Å²) in [5, 5.41) is 8.82. The van der Waals surface area contributed by atoms with Crippen molar-refractivity contribution in [3.05, 3.63) is 0 Å². The highest BCUT2D eigenvalue weighted by atomic mass is 32.2. The topological polar surface area (TPSA) is 98.0 Å². The maximum Gasteiger partial charge on any atom is 0.326 e. The van der Waals surface area contributed by atoms with Crippen LogP contribution in [0.15, 0.2) is 0 Å². The molecule has 2 unspecified atom stereocenters. The van der Waals surface area contributed by atoms with Crippen molar-refractivity contribution in [3.63, 3.8) is 0 Å². The first-order valence-electron chi connectivity index (χ1n) is 7.76. The minimum absolute atomic E-state index is 0.139. The Bertz CT molecular complexity index is 591. The van der Waals surface area contributed by atoms with Gasteiger partial charge in [-0.05, 0) is 19.4 Å². The van der Waals surface area contributed by atoms with Gasteiger partial charge in [-0.1, -0.05) is 13.8 Å². The third kappa shape index (κ3) is 3.51. The minimum Gasteiger partial charge on any atom is -0.480 e. The van der Waals surface area contributed by atoms with Crippen LogP contribution in [0.3, 0.4) is 0 Å². The lowest BCUT2D eigenvalue weighted by molar-refractivity contribution is -0.152. The van der Waals surface area contributed by atoms with Gasteiger partial charge in [-0.3, -0.25) is 9.69 Å². The van der Waals surface area contributed by atoms with Gasteiger partial charge in [0.2, 0.25) is 15.9 Å². The summed E-state index contributed by atoms with van der Waals surface area (Å²) in [7, 11) is -0.164. The van der Waals surface area contributed by atoms with Crippen LogP contribution in [0.4, 0.5) is 0 Å². The molecule has 2 aliphatic rings. The van der Waals surface area contributed by atoms with Crippen molar-refractivity contribution in [2.45, 2.75) is 31.7 Å². The highest BCUT2D eigenvalue weighted by Gasteiger charge is 2.48. The molecule has 2 saturated heterocycles. The van der Waals surface area contributed by atoms with E-state index in [2.05, 4.69) is 0 Å². The molecule has 0 bridgehead atoms. The van der Waals surface area contributed by atoms with Crippen molar-refractivity contribution in [2.24, 2.45) is 11.8 Å². The molecule has 0 saturated carbocycles. The fraction of sp³-hybridized carbons (Fsp3) is 0.857. The monoisotopic (exact) mass is 347 g/mol. The number of rotatable bonds is 6. The second-order valence-corrected chi connectivity index (χ2v) is 8.85. The Balaban J connectivity index is 2.03. The molecule has 2 heterocycles. The minimum atomic E-state index is -3.39. The third-order valence-electron chi connectivity index (χ3n) is 4.66. The van der Waals surface area contributed by atoms with Crippen LogP contribution in [0.25, 0.3) is 0 Å². The molecule has 0 aliphatic carbocycles. The molecule has 2 fully saturated rings. The Labute approximate surface area is 137 Å². The van der Waals surface area contributed by atoms with Crippen LogP contribution in [0, 0.1) is 11.8 Å². The summed E-state index contributed by atoms with van der Waals surface area (Å²) in [4.78, 5) is 26.9. The van der Waals surface area contributed by atoms with Crippen LogP contribution >= 0.6 is 0 Å². The lowest BCUT2D eigenvalue weighted by Gasteiger charge is -2.29. The zero-order valence-electron chi connectivity index (χ0n) is 14.0. The largest absolute Gasteiger partial charge is 0.480 e. The summed E-state index contributed by atoms with van der Waals surface area (Å²) in [6.45, 7) is 4.47. The zero-order chi connectivity index (χ0) is 17.5. The lowest BCUT2D eigenvalue weighted by Crippen LogP contribution is -2.48. The summed E-state index contributed by atoms with van der Waals surface area (Å²) in [5.41, 5.74) is 0. The molecule has 4 atom stereocenters. The molecule has 132 valence electrons. The molecule has 23 heavy (non-hydrogen) atoms. The number of amides is 1. The summed E-state index contributed by atoms with van der Waals surface area (Å²) in [6, 6.07) is -0.900. The number of hydrogen-bond donors (Lipinski definition) is 1. The van der Waals surface area contributed by atoms with E-state index in [1.807, 2.05) is 0 Å². The predicted octanol–water partition coefficient (Wildman–Crippen LogP) is -0.523. The summed E-state index contributed by atoms with van der Waals surface area (Å²) in [6.07, 6.45) is 0.434. The number of aliphatic carboxylic acids is 1. The number of hydrogen-bond acceptors (Lipinski definition) is 5. The quantitative estimate of drug-likeness (QED) is 0.649. The number of nitrogens with zero attached hydrogens (tertiary/aromatic N) is 3. The second-order valence-electron chi connectivity index (χ2n) is 6.76. The van der Waals surface area contributed by atoms with Gasteiger partial charge < -0.3 is 10.0 Å². The molecule has 0 aromatic heterocycles. The van der Waals surface area contributed by atoms with Crippen LogP contribution in [0.5, 0.6) is 0 Å². The SMILES string of the molecule is CC(C)[C@@H](C(=O)O)N(C)C(=O)[C@H]1CCN(S(=O)(=O)C2CN2C)C1. The summed E-state index contributed by atoms with van der Waals surface area (Å²) < 4.78 is 26.1. The van der Waals surface area contributed by atoms with Gasteiger partial charge >= 0.3 is 5.97 Å². The number of likely N-dealkylation sites (N-methyl/N-ethyl adjacent to an activating group) is 2. The van der Waals surface area contributed by atoms with Gasteiger partial charge in [0.15, 0.2) is 0 Å². The maximum absolute atomic E-state index is 12.5. The third-order valence-corrected chi connectivity index (χ3v) is 6.90. The molecule has 0 aromatic rings. The molecule has 1 amide bonds. The fourth-order valence-electron chi connectivity index (χ4n) is 3.18. The Morgan fingerprint density at radius 3 is 2.26 bits per heavy atom. The molecule has 0 spiro atoms. The Kier molecular flexibility index (Phi) is 5.03. The van der Waals surface area contributed by atoms with Crippen LogP contribution < -0.4 is 0 Å². The molecule has 8 nitrogen and oxygen atoms in total. The van der Waals surface area contributed by atoms with E-state index < -0.39 is 33.3 Å². The van der Waals surface area contributed by atoms with Crippen molar-refractivity contribution in [1.29, 1.82) is 0 Å². The van der Waals surface area contributed by atoms with E-state index in [1.54, 1.807) is 25.8 Å². The van der Waals surface area contributed by atoms with E-state index in [1.165, 1.54) is 16.3 Å². The number of sulfonamides is 1. The standard InChI is InChI=1S/C14H25N3O5S/c1-9(2)12(14(19)20)16(4)13(18)10-5-6-17(7-10)23(21,22)11-8-15(11)3/h9-12H,5-8H2,1-4H3,(H,19,20)/t10-,11?,12-,15?/m0/s1. The molecule has 0 radical (unpaired) electrons. The van der Waals surface area contributed by atoms with Crippen molar-refractivity contribution >= 4 is 21.9 Å². The zero-order valence-corrected chi connectivity index (χ0v) is 14.8. The van der Waals surface area contributed by atoms with Crippen LogP contribution in [0.2, 0.25) is 0 Å². The summed E-state index contributed by atoms with van der Waals surface area (Å²) in [5.74, 6) is -2.03. The highest BCUT2D eigenvalue weighted by molar-refractivity contribution is 7.90. The van der Waals surface area contributed by atoms with E-state index in [0.717, 1.165) is 0 Å². The lowest BCUT2D eigenvalue weighted by atomic mass is 10.0. The number of carbonyl (C=O) groups excluding carboxylic acids is 1. The number of carboxylic acids is 1. The molecule has 0 aromatic carbocycles. The Morgan fingerprint density at radius 2 is 1.83 bits per heavy atom. The number of carbonyl (C=O) groups is 2. The van der Waals surface area contributed by atoms with Crippen molar-refractivity contribution < 1.29 is 23.1 Å². The van der Waals surface area contributed by atoms with Gasteiger partial charge in [0, 0.05) is 26.7 Å². The van der Waals surface area contributed by atoms with Crippen molar-refractivity contribution in [2.75, 3.05) is 33.7 Å². The Morgan fingerprint density at radius 1 is 1.26 bits per heavy atom. The van der Waals surface area contributed by atoms with E-state index in [4.69, 9.17) is 0 Å². The van der Waals surface area contributed by atoms with Gasteiger partial charge in [0.1, 0.15) is 11.4 Å². The first-order chi connectivity index (χ1) is 10.6. The Hall–Kier alpha value is -1.19. The van der Waals surface area contributed by atoms with E-state index in [-0.39, 0.29) is 18.4 Å². The van der Waals surface area contributed by atoms with Gasteiger partial charge in [-0.25, -0.2) is 13.2 Å².